The molecular weight excluding hydrogens is 380 g/mol. The lowest BCUT2D eigenvalue weighted by Gasteiger charge is -2.41. The minimum Gasteiger partial charge on any atom is -0.493 e. The second kappa shape index (κ2) is 7.00. The van der Waals surface area contributed by atoms with E-state index in [1.807, 2.05) is 0 Å². The average molecular weight is 403 g/mol. The predicted octanol–water partition coefficient (Wildman–Crippen LogP) is 5.61. The molecule has 3 nitrogen and oxygen atoms in total. The number of hydrogen-bond acceptors (Lipinski definition) is 3. The van der Waals surface area contributed by atoms with E-state index in [1.54, 1.807) is 14.2 Å². The van der Waals surface area contributed by atoms with Gasteiger partial charge in [0.15, 0.2) is 11.5 Å². The molecule has 0 spiro atoms. The molecule has 25 heavy (non-hydrogen) atoms. The summed E-state index contributed by atoms with van der Waals surface area (Å²) in [6.07, 6.45) is 5.05. The molecule has 0 radical (unpaired) electrons. The van der Waals surface area contributed by atoms with Gasteiger partial charge < -0.3 is 14.2 Å². The molecule has 1 fully saturated rings. The van der Waals surface area contributed by atoms with Crippen LogP contribution in [0.4, 0.5) is 0 Å². The normalized spacial score (nSPS) is 25.0. The van der Waals surface area contributed by atoms with Crippen LogP contribution in [0.15, 0.2) is 40.9 Å². The Labute approximate surface area is 157 Å². The molecule has 2 aliphatic rings. The first-order chi connectivity index (χ1) is 12.2. The number of halogens is 1. The van der Waals surface area contributed by atoms with E-state index >= 15 is 0 Å². The molecule has 0 aromatic heterocycles. The van der Waals surface area contributed by atoms with Crippen LogP contribution in [0.5, 0.6) is 11.5 Å². The highest BCUT2D eigenvalue weighted by molar-refractivity contribution is 9.10. The van der Waals surface area contributed by atoms with Crippen molar-refractivity contribution in [3.63, 3.8) is 0 Å². The standard InChI is InChI=1S/C21H23BrO3/c1-23-19-11-16-15-5-3-4-6-18(15)25-21(17(16)12-20(19)24-2)13-7-9-14(22)10-8-13/h7-12,15,18,21H,3-6H2,1-2H3/t15-,18-,21+/m0/s1. The molecule has 132 valence electrons. The molecule has 2 aromatic carbocycles. The van der Waals surface area contributed by atoms with Crippen molar-refractivity contribution in [2.24, 2.45) is 0 Å². The van der Waals surface area contributed by atoms with E-state index in [0.29, 0.717) is 5.92 Å². The number of rotatable bonds is 3. The van der Waals surface area contributed by atoms with E-state index < -0.39 is 0 Å². The van der Waals surface area contributed by atoms with Crippen LogP contribution in [0, 0.1) is 0 Å². The highest BCUT2D eigenvalue weighted by Crippen LogP contribution is 2.49. The zero-order valence-electron chi connectivity index (χ0n) is 14.6. The third-order valence-electron chi connectivity index (χ3n) is 5.46. The van der Waals surface area contributed by atoms with E-state index in [0.717, 1.165) is 22.4 Å². The van der Waals surface area contributed by atoms with Crippen molar-refractivity contribution in [2.75, 3.05) is 14.2 Å². The highest BCUT2D eigenvalue weighted by atomic mass is 79.9. The van der Waals surface area contributed by atoms with Gasteiger partial charge in [0.1, 0.15) is 6.10 Å². The van der Waals surface area contributed by atoms with Gasteiger partial charge in [0.25, 0.3) is 0 Å². The quantitative estimate of drug-likeness (QED) is 0.667. The summed E-state index contributed by atoms with van der Waals surface area (Å²) in [6, 6.07) is 12.7. The molecule has 1 heterocycles. The van der Waals surface area contributed by atoms with Gasteiger partial charge in [-0.3, -0.25) is 0 Å². The molecule has 1 aliphatic heterocycles. The SMILES string of the molecule is COc1cc2c(cc1OC)[C@@H]1CCCC[C@@H]1O[C@@H]2c1ccc(Br)cc1. The van der Waals surface area contributed by atoms with Crippen molar-refractivity contribution in [2.45, 2.75) is 43.8 Å². The first kappa shape index (κ1) is 16.9. The number of fused-ring (bicyclic) bond motifs is 3. The Hall–Kier alpha value is -1.52. The topological polar surface area (TPSA) is 27.7 Å². The molecule has 0 amide bonds. The fourth-order valence-electron chi connectivity index (χ4n) is 4.22. The average Bonchev–Trinajstić information content (AvgIpc) is 2.67. The van der Waals surface area contributed by atoms with Crippen LogP contribution in [-0.4, -0.2) is 20.3 Å². The Balaban J connectivity index is 1.85. The van der Waals surface area contributed by atoms with E-state index in [-0.39, 0.29) is 12.2 Å². The van der Waals surface area contributed by atoms with Crippen LogP contribution in [-0.2, 0) is 4.74 Å². The lowest BCUT2D eigenvalue weighted by Crippen LogP contribution is -2.33. The monoisotopic (exact) mass is 402 g/mol. The molecule has 2 aromatic rings. The Morgan fingerprint density at radius 1 is 0.920 bits per heavy atom. The van der Waals surface area contributed by atoms with Gasteiger partial charge in [-0.2, -0.15) is 0 Å². The van der Waals surface area contributed by atoms with Gasteiger partial charge in [-0.05, 0) is 53.8 Å². The Bertz CT molecular complexity index is 756. The third-order valence-corrected chi connectivity index (χ3v) is 5.99. The molecule has 0 bridgehead atoms. The summed E-state index contributed by atoms with van der Waals surface area (Å²) < 4.78 is 18.8. The summed E-state index contributed by atoms with van der Waals surface area (Å²) in [5.74, 6) is 2.03. The molecule has 1 saturated carbocycles. The van der Waals surface area contributed by atoms with Crippen LogP contribution >= 0.6 is 15.9 Å². The Morgan fingerprint density at radius 3 is 2.24 bits per heavy atom. The van der Waals surface area contributed by atoms with E-state index in [2.05, 4.69) is 52.3 Å². The molecule has 1 aliphatic carbocycles. The zero-order chi connectivity index (χ0) is 17.4. The maximum absolute atomic E-state index is 6.60. The van der Waals surface area contributed by atoms with Gasteiger partial charge in [0, 0.05) is 10.4 Å². The van der Waals surface area contributed by atoms with Crippen molar-refractivity contribution in [3.05, 3.63) is 57.6 Å². The van der Waals surface area contributed by atoms with E-state index in [1.165, 1.54) is 36.0 Å². The maximum Gasteiger partial charge on any atom is 0.161 e. The zero-order valence-corrected chi connectivity index (χ0v) is 16.2. The molecule has 4 heteroatoms. The van der Waals surface area contributed by atoms with E-state index in [9.17, 15) is 0 Å². The third kappa shape index (κ3) is 3.06. The highest BCUT2D eigenvalue weighted by Gasteiger charge is 2.38. The first-order valence-corrected chi connectivity index (χ1v) is 9.67. The summed E-state index contributed by atoms with van der Waals surface area (Å²) in [4.78, 5) is 0. The smallest absolute Gasteiger partial charge is 0.161 e. The van der Waals surface area contributed by atoms with Crippen LogP contribution in [0.3, 0.4) is 0 Å². The van der Waals surface area contributed by atoms with Gasteiger partial charge in [0.05, 0.1) is 20.3 Å². The minimum atomic E-state index is -0.0535. The number of methoxy groups -OCH3 is 2. The predicted molar refractivity (Wildman–Crippen MR) is 102 cm³/mol. The molecular formula is C21H23BrO3. The fourth-order valence-corrected chi connectivity index (χ4v) is 4.48. The lowest BCUT2D eigenvalue weighted by molar-refractivity contribution is -0.0391. The van der Waals surface area contributed by atoms with Crippen molar-refractivity contribution >= 4 is 15.9 Å². The number of benzene rings is 2. The number of hydrogen-bond donors (Lipinski definition) is 0. The fraction of sp³-hybridized carbons (Fsp3) is 0.429. The minimum absolute atomic E-state index is 0.0535. The largest absolute Gasteiger partial charge is 0.493 e. The van der Waals surface area contributed by atoms with Gasteiger partial charge in [-0.25, -0.2) is 0 Å². The molecule has 0 unspecified atom stereocenters. The van der Waals surface area contributed by atoms with Crippen molar-refractivity contribution in [3.8, 4) is 11.5 Å². The lowest BCUT2D eigenvalue weighted by atomic mass is 9.76. The summed E-state index contributed by atoms with van der Waals surface area (Å²) in [6.45, 7) is 0. The summed E-state index contributed by atoms with van der Waals surface area (Å²) in [5.41, 5.74) is 3.75. The van der Waals surface area contributed by atoms with Gasteiger partial charge >= 0.3 is 0 Å². The molecule has 3 atom stereocenters. The van der Waals surface area contributed by atoms with Gasteiger partial charge in [-0.15, -0.1) is 0 Å². The molecule has 0 saturated heterocycles. The van der Waals surface area contributed by atoms with Gasteiger partial charge in [0.2, 0.25) is 0 Å². The van der Waals surface area contributed by atoms with Crippen LogP contribution in [0.2, 0.25) is 0 Å². The van der Waals surface area contributed by atoms with Crippen LogP contribution < -0.4 is 9.47 Å². The maximum atomic E-state index is 6.60. The molecule has 0 N–H and O–H groups in total. The summed E-state index contributed by atoms with van der Waals surface area (Å²) in [5, 5.41) is 0. The summed E-state index contributed by atoms with van der Waals surface area (Å²) >= 11 is 3.52. The first-order valence-electron chi connectivity index (χ1n) is 8.88. The Kier molecular flexibility index (Phi) is 4.74. The van der Waals surface area contributed by atoms with Gasteiger partial charge in [-0.1, -0.05) is 40.9 Å². The Morgan fingerprint density at radius 2 is 1.56 bits per heavy atom. The number of ether oxygens (including phenoxy) is 3. The molecule has 4 rings (SSSR count). The van der Waals surface area contributed by atoms with E-state index in [4.69, 9.17) is 14.2 Å². The second-order valence-electron chi connectivity index (χ2n) is 6.83. The van der Waals surface area contributed by atoms with Crippen LogP contribution in [0.1, 0.15) is 54.4 Å². The van der Waals surface area contributed by atoms with Crippen molar-refractivity contribution in [1.82, 2.24) is 0 Å². The summed E-state index contributed by atoms with van der Waals surface area (Å²) in [7, 11) is 3.39. The van der Waals surface area contributed by atoms with Crippen molar-refractivity contribution < 1.29 is 14.2 Å². The van der Waals surface area contributed by atoms with Crippen molar-refractivity contribution in [1.29, 1.82) is 0 Å². The van der Waals surface area contributed by atoms with Crippen LogP contribution in [0.25, 0.3) is 0 Å². The second-order valence-corrected chi connectivity index (χ2v) is 7.75.